The monoisotopic (exact) mass is 536 g/mol. The number of carbonyl (C=O) groups is 2. The van der Waals surface area contributed by atoms with Crippen molar-refractivity contribution in [1.82, 2.24) is 29.2 Å². The molecule has 200 valence electrons. The number of aromatic nitrogens is 5. The molecule has 2 fully saturated rings. The van der Waals surface area contributed by atoms with Crippen LogP contribution in [0.4, 0.5) is 24.8 Å². The summed E-state index contributed by atoms with van der Waals surface area (Å²) in [5.41, 5.74) is 7.01. The first kappa shape index (κ1) is 24.8. The van der Waals surface area contributed by atoms with Gasteiger partial charge < -0.3 is 16.0 Å². The lowest BCUT2D eigenvalue weighted by Crippen LogP contribution is -2.41. The molecule has 0 aromatic carbocycles. The Labute approximate surface area is 220 Å². The maximum absolute atomic E-state index is 13.0. The van der Waals surface area contributed by atoms with E-state index in [1.54, 1.807) is 18.5 Å². The van der Waals surface area contributed by atoms with Crippen LogP contribution in [0.15, 0.2) is 49.1 Å². The average Bonchev–Trinajstić information content (AvgIpc) is 3.50. The first-order valence-electron chi connectivity index (χ1n) is 12.4. The number of nitrogens with zero attached hydrogens (tertiary/aromatic N) is 6. The molecule has 39 heavy (non-hydrogen) atoms. The van der Waals surface area contributed by atoms with Crippen LogP contribution in [0.5, 0.6) is 0 Å². The van der Waals surface area contributed by atoms with E-state index in [1.807, 2.05) is 9.30 Å². The zero-order valence-corrected chi connectivity index (χ0v) is 20.5. The number of anilines is 2. The van der Waals surface area contributed by atoms with E-state index in [2.05, 4.69) is 20.3 Å². The Bertz CT molecular complexity index is 1580. The van der Waals surface area contributed by atoms with Gasteiger partial charge in [0, 0.05) is 55.3 Å². The Hall–Kier alpha value is -4.55. The number of piperidine rings is 1. The van der Waals surface area contributed by atoms with Crippen molar-refractivity contribution >= 4 is 29.0 Å². The van der Waals surface area contributed by atoms with Crippen molar-refractivity contribution in [1.29, 1.82) is 0 Å². The van der Waals surface area contributed by atoms with Gasteiger partial charge in [-0.2, -0.15) is 13.2 Å². The number of imidazole rings is 1. The highest BCUT2D eigenvalue weighted by Gasteiger charge is 2.38. The third-order valence-electron chi connectivity index (χ3n) is 7.29. The van der Waals surface area contributed by atoms with Gasteiger partial charge in [0.05, 0.1) is 5.56 Å². The molecule has 6 heterocycles. The van der Waals surface area contributed by atoms with Gasteiger partial charge in [-0.15, -0.1) is 0 Å². The molecule has 2 unspecified atom stereocenters. The van der Waals surface area contributed by atoms with Crippen molar-refractivity contribution in [3.63, 3.8) is 0 Å². The molecule has 0 saturated carbocycles. The summed E-state index contributed by atoms with van der Waals surface area (Å²) in [6, 6.07) is 4.95. The summed E-state index contributed by atoms with van der Waals surface area (Å²) in [6.07, 6.45) is 4.51. The molecule has 2 aliphatic heterocycles. The van der Waals surface area contributed by atoms with Crippen LogP contribution in [0.25, 0.3) is 16.8 Å². The van der Waals surface area contributed by atoms with E-state index in [-0.39, 0.29) is 29.2 Å². The number of halogens is 3. The molecule has 13 heteroatoms. The summed E-state index contributed by atoms with van der Waals surface area (Å²) < 4.78 is 40.8. The van der Waals surface area contributed by atoms with E-state index in [1.165, 1.54) is 12.3 Å². The summed E-state index contributed by atoms with van der Waals surface area (Å²) in [6.45, 7) is 0.589. The van der Waals surface area contributed by atoms with Crippen LogP contribution in [0.3, 0.4) is 0 Å². The molecule has 3 N–H and O–H groups in total. The second-order valence-electron chi connectivity index (χ2n) is 9.68. The first-order valence-corrected chi connectivity index (χ1v) is 12.4. The zero-order valence-electron chi connectivity index (χ0n) is 20.5. The highest BCUT2D eigenvalue weighted by atomic mass is 19.4. The van der Waals surface area contributed by atoms with Crippen molar-refractivity contribution in [2.45, 2.75) is 43.8 Å². The van der Waals surface area contributed by atoms with Crippen LogP contribution in [0.1, 0.15) is 53.5 Å². The topological polar surface area (TPSA) is 131 Å². The van der Waals surface area contributed by atoms with Crippen LogP contribution in [-0.2, 0) is 11.0 Å². The molecule has 0 aliphatic carbocycles. The molecule has 4 aromatic rings. The van der Waals surface area contributed by atoms with E-state index in [0.29, 0.717) is 35.8 Å². The lowest BCUT2D eigenvalue weighted by atomic mass is 9.92. The number of amides is 2. The summed E-state index contributed by atoms with van der Waals surface area (Å²) in [5.74, 6) is 0.279. The van der Waals surface area contributed by atoms with Crippen LogP contribution >= 0.6 is 0 Å². The van der Waals surface area contributed by atoms with Crippen molar-refractivity contribution < 1.29 is 22.8 Å². The maximum Gasteiger partial charge on any atom is 0.416 e. The molecule has 6 rings (SSSR count). The van der Waals surface area contributed by atoms with Gasteiger partial charge in [-0.3, -0.25) is 19.0 Å². The lowest BCUT2D eigenvalue weighted by Gasteiger charge is -2.34. The second kappa shape index (κ2) is 9.33. The minimum Gasteiger partial charge on any atom is -0.382 e. The van der Waals surface area contributed by atoms with Crippen molar-refractivity contribution in [2.75, 3.05) is 17.6 Å². The van der Waals surface area contributed by atoms with Gasteiger partial charge in [0.2, 0.25) is 5.91 Å². The molecular weight excluding hydrogens is 513 g/mol. The van der Waals surface area contributed by atoms with Gasteiger partial charge in [0.15, 0.2) is 0 Å². The normalized spacial score (nSPS) is 19.4. The Morgan fingerprint density at radius 1 is 1.08 bits per heavy atom. The number of hydrogen-bond donors (Lipinski definition) is 2. The Morgan fingerprint density at radius 2 is 1.92 bits per heavy atom. The van der Waals surface area contributed by atoms with Crippen LogP contribution < -0.4 is 11.1 Å². The summed E-state index contributed by atoms with van der Waals surface area (Å²) in [5, 5.41) is 2.34. The van der Waals surface area contributed by atoms with E-state index in [4.69, 9.17) is 10.7 Å². The molecule has 0 spiro atoms. The number of fused-ring (bicyclic) bond motifs is 2. The average molecular weight is 537 g/mol. The quantitative estimate of drug-likeness (QED) is 0.404. The van der Waals surface area contributed by atoms with Gasteiger partial charge in [0.1, 0.15) is 34.4 Å². The molecule has 2 amide bonds. The smallest absolute Gasteiger partial charge is 0.382 e. The number of alkyl halides is 3. The molecule has 2 aliphatic rings. The maximum atomic E-state index is 13.0. The van der Waals surface area contributed by atoms with Crippen LogP contribution in [0.2, 0.25) is 0 Å². The number of pyridine rings is 2. The largest absolute Gasteiger partial charge is 0.416 e. The lowest BCUT2D eigenvalue weighted by molar-refractivity contribution is -0.137. The number of nitrogens with one attached hydrogen (secondary N) is 1. The molecule has 2 saturated heterocycles. The van der Waals surface area contributed by atoms with Gasteiger partial charge in [-0.25, -0.2) is 15.0 Å². The fourth-order valence-corrected chi connectivity index (χ4v) is 5.38. The standard InChI is InChI=1S/C26H23F3N8O2/c27-26(28,29)16-7-8-31-19(11-16)34-25(39)18-5-2-14(12-33-18)21-22-23(30)32-9-10-36(22)24(35-21)15-1-3-17-4-6-20(38)37(17)13-15/h2,5,7-12,15,17H,1,3-4,6,13H2,(H2,30,32)(H,31,34,39). The van der Waals surface area contributed by atoms with Gasteiger partial charge in [0.25, 0.3) is 5.91 Å². The van der Waals surface area contributed by atoms with Gasteiger partial charge in [-0.1, -0.05) is 0 Å². The minimum atomic E-state index is -4.56. The Kier molecular flexibility index (Phi) is 5.92. The van der Waals surface area contributed by atoms with Crippen molar-refractivity contribution in [3.05, 3.63) is 66.1 Å². The van der Waals surface area contributed by atoms with Crippen LogP contribution in [-0.4, -0.2) is 53.6 Å². The fraction of sp³-hybridized carbons (Fsp3) is 0.308. The molecular formula is C26H23F3N8O2. The predicted molar refractivity (Wildman–Crippen MR) is 135 cm³/mol. The first-order chi connectivity index (χ1) is 18.7. The van der Waals surface area contributed by atoms with E-state index in [9.17, 15) is 22.8 Å². The summed E-state index contributed by atoms with van der Waals surface area (Å²) in [7, 11) is 0. The van der Waals surface area contributed by atoms with Crippen molar-refractivity contribution in [2.24, 2.45) is 0 Å². The molecule has 0 radical (unpaired) electrons. The predicted octanol–water partition coefficient (Wildman–Crippen LogP) is 3.91. The number of hydrogen-bond acceptors (Lipinski definition) is 7. The number of rotatable bonds is 4. The molecule has 2 atom stereocenters. The van der Waals surface area contributed by atoms with E-state index < -0.39 is 17.6 Å². The molecule has 0 bridgehead atoms. The van der Waals surface area contributed by atoms with Gasteiger partial charge >= 0.3 is 6.18 Å². The SMILES string of the molecule is Nc1nccn2c(C3CCC4CCC(=O)N4C3)nc(-c3ccc(C(=O)Nc4cc(C(F)(F)F)ccn4)nc3)c12. The zero-order chi connectivity index (χ0) is 27.3. The highest BCUT2D eigenvalue weighted by molar-refractivity contribution is 6.02. The molecule has 4 aromatic heterocycles. The second-order valence-corrected chi connectivity index (χ2v) is 9.68. The summed E-state index contributed by atoms with van der Waals surface area (Å²) >= 11 is 0. The Balaban J connectivity index is 1.28. The Morgan fingerprint density at radius 3 is 2.69 bits per heavy atom. The van der Waals surface area contributed by atoms with E-state index in [0.717, 1.165) is 43.4 Å². The van der Waals surface area contributed by atoms with Crippen LogP contribution in [0, 0.1) is 0 Å². The van der Waals surface area contributed by atoms with Crippen molar-refractivity contribution in [3.8, 4) is 11.3 Å². The summed E-state index contributed by atoms with van der Waals surface area (Å²) in [4.78, 5) is 44.1. The third-order valence-corrected chi connectivity index (χ3v) is 7.29. The minimum absolute atomic E-state index is 0.0151. The number of carbonyl (C=O) groups excluding carboxylic acids is 2. The van der Waals surface area contributed by atoms with Gasteiger partial charge in [-0.05, 0) is 43.5 Å². The molecule has 10 nitrogen and oxygen atoms in total. The number of nitrogen functional groups attached to an aromatic ring is 1. The van der Waals surface area contributed by atoms with E-state index >= 15 is 0 Å². The highest BCUT2D eigenvalue weighted by Crippen LogP contribution is 2.38. The fourth-order valence-electron chi connectivity index (χ4n) is 5.38. The third kappa shape index (κ3) is 4.53. The number of nitrogens with two attached hydrogens (primary N) is 1.